The largest absolute Gasteiger partial charge is 0.508 e. The molecule has 0 fully saturated rings. The molecule has 0 aliphatic carbocycles. The second-order valence-electron chi connectivity index (χ2n) is 6.18. The van der Waals surface area contributed by atoms with Gasteiger partial charge in [-0.05, 0) is 37.5 Å². The number of hydrogen-bond acceptors (Lipinski definition) is 5. The number of carbonyl (C=O) groups is 1. The fraction of sp³-hybridized carbons (Fsp3) is 0.316. The first-order valence-electron chi connectivity index (χ1n) is 8.52. The molecule has 0 bridgehead atoms. The van der Waals surface area contributed by atoms with Gasteiger partial charge in [-0.15, -0.1) is 0 Å². The minimum absolute atomic E-state index is 0.0443. The standard InChI is InChI=1S/C19H21N3O4/c1-13-15-4-3-14(23)11-17(15)26-19(25)16(13)5-6-18(24)21-7-2-9-22-10-8-20-12-22/h3-4,8,10-12,23H,2,5-7,9H2,1H3,(H,21,24). The number of fused-ring (bicyclic) bond motifs is 1. The van der Waals surface area contributed by atoms with Gasteiger partial charge in [0.2, 0.25) is 5.91 Å². The molecule has 7 nitrogen and oxygen atoms in total. The quantitative estimate of drug-likeness (QED) is 0.500. The summed E-state index contributed by atoms with van der Waals surface area (Å²) in [4.78, 5) is 28.2. The molecule has 2 aromatic heterocycles. The van der Waals surface area contributed by atoms with E-state index in [1.54, 1.807) is 24.7 Å². The van der Waals surface area contributed by atoms with Gasteiger partial charge < -0.3 is 19.4 Å². The van der Waals surface area contributed by atoms with Crippen molar-refractivity contribution in [3.8, 4) is 5.75 Å². The zero-order chi connectivity index (χ0) is 18.5. The minimum atomic E-state index is -0.464. The molecule has 0 saturated heterocycles. The summed E-state index contributed by atoms with van der Waals surface area (Å²) in [6.07, 6.45) is 6.69. The summed E-state index contributed by atoms with van der Waals surface area (Å²) < 4.78 is 7.22. The van der Waals surface area contributed by atoms with Crippen molar-refractivity contribution in [3.05, 3.63) is 58.5 Å². The highest BCUT2D eigenvalue weighted by atomic mass is 16.4. The number of nitrogens with zero attached hydrogens (tertiary/aromatic N) is 2. The summed E-state index contributed by atoms with van der Waals surface area (Å²) in [5, 5.41) is 13.1. The Morgan fingerprint density at radius 1 is 1.38 bits per heavy atom. The van der Waals surface area contributed by atoms with Crippen LogP contribution < -0.4 is 10.9 Å². The Kier molecular flexibility index (Phi) is 5.36. The maximum absolute atomic E-state index is 12.2. The van der Waals surface area contributed by atoms with Gasteiger partial charge in [0.1, 0.15) is 11.3 Å². The fourth-order valence-electron chi connectivity index (χ4n) is 2.91. The van der Waals surface area contributed by atoms with Crippen LogP contribution in [0.3, 0.4) is 0 Å². The number of rotatable bonds is 7. The van der Waals surface area contributed by atoms with Gasteiger partial charge in [-0.3, -0.25) is 4.79 Å². The number of aromatic hydroxyl groups is 1. The third-order valence-corrected chi connectivity index (χ3v) is 4.35. The summed E-state index contributed by atoms with van der Waals surface area (Å²) in [7, 11) is 0. The van der Waals surface area contributed by atoms with Crippen molar-refractivity contribution in [3.63, 3.8) is 0 Å². The van der Waals surface area contributed by atoms with Crippen LogP contribution in [0.25, 0.3) is 11.0 Å². The second kappa shape index (κ2) is 7.86. The van der Waals surface area contributed by atoms with Gasteiger partial charge in [-0.2, -0.15) is 0 Å². The lowest BCUT2D eigenvalue weighted by Crippen LogP contribution is -2.26. The molecule has 7 heteroatoms. The van der Waals surface area contributed by atoms with Crippen LogP contribution in [-0.4, -0.2) is 27.1 Å². The molecule has 0 aliphatic heterocycles. The number of hydrogen-bond donors (Lipinski definition) is 2. The second-order valence-corrected chi connectivity index (χ2v) is 6.18. The van der Waals surface area contributed by atoms with Crippen LogP contribution in [-0.2, 0) is 17.8 Å². The molecule has 1 aromatic carbocycles. The van der Waals surface area contributed by atoms with Gasteiger partial charge in [-0.1, -0.05) is 0 Å². The van der Waals surface area contributed by atoms with E-state index in [1.807, 2.05) is 17.7 Å². The fourth-order valence-corrected chi connectivity index (χ4v) is 2.91. The Morgan fingerprint density at radius 2 is 2.23 bits per heavy atom. The molecule has 0 spiro atoms. The Hall–Kier alpha value is -3.09. The molecule has 0 saturated carbocycles. The van der Waals surface area contributed by atoms with Crippen LogP contribution in [0.15, 0.2) is 46.1 Å². The smallest absolute Gasteiger partial charge is 0.339 e. The molecule has 0 atom stereocenters. The highest BCUT2D eigenvalue weighted by molar-refractivity contribution is 5.82. The van der Waals surface area contributed by atoms with Gasteiger partial charge >= 0.3 is 5.63 Å². The maximum Gasteiger partial charge on any atom is 0.339 e. The highest BCUT2D eigenvalue weighted by Crippen LogP contribution is 2.23. The predicted octanol–water partition coefficient (Wildman–Crippen LogP) is 2.14. The van der Waals surface area contributed by atoms with E-state index in [-0.39, 0.29) is 18.1 Å². The van der Waals surface area contributed by atoms with Crippen molar-refractivity contribution < 1.29 is 14.3 Å². The molecule has 26 heavy (non-hydrogen) atoms. The van der Waals surface area contributed by atoms with E-state index in [0.29, 0.717) is 24.1 Å². The van der Waals surface area contributed by atoms with Crippen LogP contribution in [0.2, 0.25) is 0 Å². The number of aryl methyl sites for hydroxylation is 2. The third kappa shape index (κ3) is 4.11. The van der Waals surface area contributed by atoms with Crippen LogP contribution in [0.4, 0.5) is 0 Å². The van der Waals surface area contributed by atoms with Crippen molar-refractivity contribution in [2.75, 3.05) is 6.54 Å². The summed E-state index contributed by atoms with van der Waals surface area (Å²) in [5.41, 5.74) is 1.16. The number of phenolic OH excluding ortho intramolecular Hbond substituents is 1. The highest BCUT2D eigenvalue weighted by Gasteiger charge is 2.13. The molecule has 0 aliphatic rings. The lowest BCUT2D eigenvalue weighted by Gasteiger charge is -2.09. The summed E-state index contributed by atoms with van der Waals surface area (Å²) in [6, 6.07) is 4.68. The van der Waals surface area contributed by atoms with E-state index in [1.165, 1.54) is 6.07 Å². The number of imidazole rings is 1. The SMILES string of the molecule is Cc1c(CCC(=O)NCCCn2ccnc2)c(=O)oc2cc(O)ccc12. The number of nitrogens with one attached hydrogen (secondary N) is 1. The van der Waals surface area contributed by atoms with Crippen molar-refractivity contribution in [2.24, 2.45) is 0 Å². The zero-order valence-corrected chi connectivity index (χ0v) is 14.6. The van der Waals surface area contributed by atoms with E-state index >= 15 is 0 Å². The van der Waals surface area contributed by atoms with E-state index in [4.69, 9.17) is 4.42 Å². The monoisotopic (exact) mass is 355 g/mol. The first-order valence-corrected chi connectivity index (χ1v) is 8.52. The Balaban J connectivity index is 1.56. The molecule has 3 aromatic rings. The van der Waals surface area contributed by atoms with Crippen LogP contribution in [0, 0.1) is 6.92 Å². The van der Waals surface area contributed by atoms with Gasteiger partial charge in [-0.25, -0.2) is 9.78 Å². The summed E-state index contributed by atoms with van der Waals surface area (Å²) in [6.45, 7) is 3.19. The number of carbonyl (C=O) groups excluding carboxylic acids is 1. The Morgan fingerprint density at radius 3 is 3.00 bits per heavy atom. The first kappa shape index (κ1) is 17.7. The number of aromatic nitrogens is 2. The van der Waals surface area contributed by atoms with Crippen LogP contribution >= 0.6 is 0 Å². The molecule has 1 amide bonds. The minimum Gasteiger partial charge on any atom is -0.508 e. The molecule has 136 valence electrons. The number of benzene rings is 1. The third-order valence-electron chi connectivity index (χ3n) is 4.35. The van der Waals surface area contributed by atoms with Gasteiger partial charge in [0.05, 0.1) is 6.33 Å². The maximum atomic E-state index is 12.2. The Bertz CT molecular complexity index is 961. The van der Waals surface area contributed by atoms with Gasteiger partial charge in [0.25, 0.3) is 0 Å². The van der Waals surface area contributed by atoms with E-state index in [2.05, 4.69) is 10.3 Å². The van der Waals surface area contributed by atoms with Crippen LogP contribution in [0.5, 0.6) is 5.75 Å². The molecule has 2 heterocycles. The molecule has 0 unspecified atom stereocenters. The van der Waals surface area contributed by atoms with E-state index < -0.39 is 5.63 Å². The summed E-state index contributed by atoms with van der Waals surface area (Å²) >= 11 is 0. The lowest BCUT2D eigenvalue weighted by atomic mass is 10.0. The van der Waals surface area contributed by atoms with Crippen molar-refractivity contribution in [2.45, 2.75) is 32.7 Å². The van der Waals surface area contributed by atoms with E-state index in [9.17, 15) is 14.7 Å². The molecular weight excluding hydrogens is 334 g/mol. The molecular formula is C19H21N3O4. The van der Waals surface area contributed by atoms with Gasteiger partial charge in [0.15, 0.2) is 0 Å². The topological polar surface area (TPSA) is 97.4 Å². The van der Waals surface area contributed by atoms with Crippen molar-refractivity contribution in [1.82, 2.24) is 14.9 Å². The average Bonchev–Trinajstić information content (AvgIpc) is 3.11. The number of amides is 1. The number of phenols is 1. The predicted molar refractivity (Wildman–Crippen MR) is 97.1 cm³/mol. The average molecular weight is 355 g/mol. The Labute approximate surface area is 150 Å². The van der Waals surface area contributed by atoms with Crippen LogP contribution in [0.1, 0.15) is 24.0 Å². The van der Waals surface area contributed by atoms with Gasteiger partial charge in [0, 0.05) is 48.9 Å². The van der Waals surface area contributed by atoms with Crippen molar-refractivity contribution in [1.29, 1.82) is 0 Å². The normalized spacial score (nSPS) is 11.0. The molecule has 2 N–H and O–H groups in total. The van der Waals surface area contributed by atoms with E-state index in [0.717, 1.165) is 23.9 Å². The van der Waals surface area contributed by atoms with Crippen molar-refractivity contribution >= 4 is 16.9 Å². The first-order chi connectivity index (χ1) is 12.5. The molecule has 0 radical (unpaired) electrons. The lowest BCUT2D eigenvalue weighted by molar-refractivity contribution is -0.121. The summed E-state index contributed by atoms with van der Waals surface area (Å²) in [5.74, 6) is -0.0527. The zero-order valence-electron chi connectivity index (χ0n) is 14.6. The molecule has 3 rings (SSSR count).